The van der Waals surface area contributed by atoms with Gasteiger partial charge in [0.1, 0.15) is 0 Å². The third kappa shape index (κ3) is 3.00. The summed E-state index contributed by atoms with van der Waals surface area (Å²) in [5.74, 6) is 1.72. The van der Waals surface area contributed by atoms with E-state index in [9.17, 15) is 4.79 Å². The van der Waals surface area contributed by atoms with E-state index in [-0.39, 0.29) is 5.91 Å². The summed E-state index contributed by atoms with van der Waals surface area (Å²) in [6.07, 6.45) is 1.67. The third-order valence-electron chi connectivity index (χ3n) is 4.30. The molecule has 2 heterocycles. The largest absolute Gasteiger partial charge is 0.342 e. The molecule has 2 fully saturated rings. The van der Waals surface area contributed by atoms with Crippen LogP contribution in [0.1, 0.15) is 12.0 Å². The summed E-state index contributed by atoms with van der Waals surface area (Å²) in [6.45, 7) is 4.07. The zero-order valence-corrected chi connectivity index (χ0v) is 12.5. The van der Waals surface area contributed by atoms with Gasteiger partial charge in [-0.1, -0.05) is 28.1 Å². The van der Waals surface area contributed by atoms with Gasteiger partial charge in [-0.15, -0.1) is 0 Å². The quantitative estimate of drug-likeness (QED) is 0.904. The number of benzene rings is 1. The average molecular weight is 323 g/mol. The number of fused-ring (bicyclic) bond motifs is 1. The zero-order chi connectivity index (χ0) is 13.2. The van der Waals surface area contributed by atoms with Crippen molar-refractivity contribution in [3.63, 3.8) is 0 Å². The first-order valence-electron chi connectivity index (χ1n) is 6.95. The normalized spacial score (nSPS) is 26.3. The van der Waals surface area contributed by atoms with E-state index in [1.54, 1.807) is 0 Å². The maximum atomic E-state index is 12.4. The Labute approximate surface area is 122 Å². The first-order valence-corrected chi connectivity index (χ1v) is 7.74. The van der Waals surface area contributed by atoms with Crippen LogP contribution in [-0.4, -0.2) is 37.0 Å². The number of likely N-dealkylation sites (tertiary alicyclic amines) is 1. The Morgan fingerprint density at radius 2 is 2.21 bits per heavy atom. The number of halogens is 1. The van der Waals surface area contributed by atoms with Crippen molar-refractivity contribution in [2.24, 2.45) is 11.8 Å². The predicted octanol–water partition coefficient (Wildman–Crippen LogP) is 2.06. The maximum absolute atomic E-state index is 12.4. The molecule has 2 aliphatic heterocycles. The summed E-state index contributed by atoms with van der Waals surface area (Å²) in [6, 6.07) is 8.03. The number of piperidine rings is 1. The Morgan fingerprint density at radius 1 is 1.37 bits per heavy atom. The van der Waals surface area contributed by atoms with Crippen molar-refractivity contribution in [1.29, 1.82) is 0 Å². The molecule has 2 unspecified atom stereocenters. The molecule has 2 saturated heterocycles. The number of hydrogen-bond donors (Lipinski definition) is 1. The maximum Gasteiger partial charge on any atom is 0.227 e. The van der Waals surface area contributed by atoms with Gasteiger partial charge < -0.3 is 10.2 Å². The molecule has 0 bridgehead atoms. The SMILES string of the molecule is O=C(Cc1cccc(Br)c1)N1CCC2CNCC2C1. The lowest BCUT2D eigenvalue weighted by Gasteiger charge is -2.34. The van der Waals surface area contributed by atoms with Crippen LogP contribution in [0.2, 0.25) is 0 Å². The average Bonchev–Trinajstić information content (AvgIpc) is 2.85. The Morgan fingerprint density at radius 3 is 3.05 bits per heavy atom. The second-order valence-electron chi connectivity index (χ2n) is 5.61. The van der Waals surface area contributed by atoms with Crippen LogP contribution in [0, 0.1) is 11.8 Å². The van der Waals surface area contributed by atoms with Crippen LogP contribution >= 0.6 is 15.9 Å². The molecule has 2 aliphatic rings. The smallest absolute Gasteiger partial charge is 0.227 e. The molecule has 3 nitrogen and oxygen atoms in total. The summed E-state index contributed by atoms with van der Waals surface area (Å²) in [4.78, 5) is 14.4. The fourth-order valence-corrected chi connectivity index (χ4v) is 3.64. The van der Waals surface area contributed by atoms with Crippen LogP contribution in [0.4, 0.5) is 0 Å². The topological polar surface area (TPSA) is 32.3 Å². The van der Waals surface area contributed by atoms with E-state index in [2.05, 4.69) is 26.1 Å². The Hall–Kier alpha value is -0.870. The van der Waals surface area contributed by atoms with Gasteiger partial charge in [0.15, 0.2) is 0 Å². The summed E-state index contributed by atoms with van der Waals surface area (Å²) in [7, 11) is 0. The minimum absolute atomic E-state index is 0.267. The van der Waals surface area contributed by atoms with Gasteiger partial charge in [0, 0.05) is 17.6 Å². The van der Waals surface area contributed by atoms with Crippen molar-refractivity contribution in [3.05, 3.63) is 34.3 Å². The summed E-state index contributed by atoms with van der Waals surface area (Å²) in [5.41, 5.74) is 1.09. The van der Waals surface area contributed by atoms with Gasteiger partial charge in [0.2, 0.25) is 5.91 Å². The lowest BCUT2D eigenvalue weighted by molar-refractivity contribution is -0.132. The molecule has 3 rings (SSSR count). The molecule has 1 amide bonds. The fraction of sp³-hybridized carbons (Fsp3) is 0.533. The van der Waals surface area contributed by atoms with Gasteiger partial charge in [0.05, 0.1) is 6.42 Å². The first kappa shape index (κ1) is 13.1. The van der Waals surface area contributed by atoms with Crippen molar-refractivity contribution in [2.75, 3.05) is 26.2 Å². The first-order chi connectivity index (χ1) is 9.22. The molecule has 1 N–H and O–H groups in total. The number of hydrogen-bond acceptors (Lipinski definition) is 2. The molecule has 1 aromatic rings. The van der Waals surface area contributed by atoms with E-state index in [1.807, 2.05) is 24.3 Å². The molecule has 0 aromatic heterocycles. The van der Waals surface area contributed by atoms with Crippen molar-refractivity contribution >= 4 is 21.8 Å². The lowest BCUT2D eigenvalue weighted by atomic mass is 9.88. The van der Waals surface area contributed by atoms with Crippen LogP contribution in [0.5, 0.6) is 0 Å². The third-order valence-corrected chi connectivity index (χ3v) is 4.79. The van der Waals surface area contributed by atoms with Crippen molar-refractivity contribution in [2.45, 2.75) is 12.8 Å². The highest BCUT2D eigenvalue weighted by atomic mass is 79.9. The van der Waals surface area contributed by atoms with Gasteiger partial charge >= 0.3 is 0 Å². The number of amides is 1. The van der Waals surface area contributed by atoms with Crippen molar-refractivity contribution in [3.8, 4) is 0 Å². The van der Waals surface area contributed by atoms with E-state index in [1.165, 1.54) is 0 Å². The lowest BCUT2D eigenvalue weighted by Crippen LogP contribution is -2.44. The zero-order valence-electron chi connectivity index (χ0n) is 10.9. The fourth-order valence-electron chi connectivity index (χ4n) is 3.19. The van der Waals surface area contributed by atoms with Crippen molar-refractivity contribution < 1.29 is 4.79 Å². The molecule has 102 valence electrons. The van der Waals surface area contributed by atoms with Gasteiger partial charge in [-0.3, -0.25) is 4.79 Å². The molecule has 0 spiro atoms. The molecule has 1 aromatic carbocycles. The van der Waals surface area contributed by atoms with Crippen LogP contribution in [0.25, 0.3) is 0 Å². The second kappa shape index (κ2) is 5.63. The minimum atomic E-state index is 0.267. The highest BCUT2D eigenvalue weighted by Crippen LogP contribution is 2.26. The van der Waals surface area contributed by atoms with Gasteiger partial charge in [-0.05, 0) is 49.0 Å². The number of nitrogens with zero attached hydrogens (tertiary/aromatic N) is 1. The van der Waals surface area contributed by atoms with Gasteiger partial charge in [-0.25, -0.2) is 0 Å². The number of carbonyl (C=O) groups is 1. The monoisotopic (exact) mass is 322 g/mol. The standard InChI is InChI=1S/C15H19BrN2O/c16-14-3-1-2-11(6-14)7-15(19)18-5-4-12-8-17-9-13(12)10-18/h1-3,6,12-13,17H,4-5,7-10H2. The molecule has 2 atom stereocenters. The Balaban J connectivity index is 1.61. The second-order valence-corrected chi connectivity index (χ2v) is 6.53. The number of nitrogens with one attached hydrogen (secondary N) is 1. The van der Waals surface area contributed by atoms with E-state index in [0.29, 0.717) is 12.3 Å². The van der Waals surface area contributed by atoms with E-state index >= 15 is 0 Å². The van der Waals surface area contributed by atoms with Gasteiger partial charge in [0.25, 0.3) is 0 Å². The summed E-state index contributed by atoms with van der Waals surface area (Å²) in [5, 5.41) is 3.44. The van der Waals surface area contributed by atoms with E-state index in [0.717, 1.165) is 48.6 Å². The summed E-state index contributed by atoms with van der Waals surface area (Å²) >= 11 is 3.45. The molecule has 4 heteroatoms. The van der Waals surface area contributed by atoms with Crippen LogP contribution in [0.3, 0.4) is 0 Å². The van der Waals surface area contributed by atoms with Crippen LogP contribution < -0.4 is 5.32 Å². The van der Waals surface area contributed by atoms with E-state index in [4.69, 9.17) is 0 Å². The molecule has 19 heavy (non-hydrogen) atoms. The number of rotatable bonds is 2. The highest BCUT2D eigenvalue weighted by molar-refractivity contribution is 9.10. The van der Waals surface area contributed by atoms with Gasteiger partial charge in [-0.2, -0.15) is 0 Å². The summed E-state index contributed by atoms with van der Waals surface area (Å²) < 4.78 is 1.04. The van der Waals surface area contributed by atoms with Crippen molar-refractivity contribution in [1.82, 2.24) is 10.2 Å². The minimum Gasteiger partial charge on any atom is -0.342 e. The Kier molecular flexibility index (Phi) is 3.89. The number of carbonyl (C=O) groups excluding carboxylic acids is 1. The van der Waals surface area contributed by atoms with E-state index < -0.39 is 0 Å². The molecule has 0 saturated carbocycles. The van der Waals surface area contributed by atoms with Crippen LogP contribution in [0.15, 0.2) is 28.7 Å². The molecular formula is C15H19BrN2O. The molecule has 0 radical (unpaired) electrons. The molecular weight excluding hydrogens is 304 g/mol. The molecule has 0 aliphatic carbocycles. The predicted molar refractivity (Wildman–Crippen MR) is 78.9 cm³/mol. The van der Waals surface area contributed by atoms with Crippen LogP contribution in [-0.2, 0) is 11.2 Å². The highest BCUT2D eigenvalue weighted by Gasteiger charge is 2.34. The Bertz CT molecular complexity index is 477.